The van der Waals surface area contributed by atoms with Gasteiger partial charge in [0.1, 0.15) is 5.75 Å². The number of benzene rings is 2. The molecule has 0 atom stereocenters. The van der Waals surface area contributed by atoms with Crippen LogP contribution in [0.1, 0.15) is 22.8 Å². The number of ether oxygens (including phenoxy) is 1. The number of nitrogen functional groups attached to an aromatic ring is 1. The van der Waals surface area contributed by atoms with E-state index in [-0.39, 0.29) is 23.4 Å². The van der Waals surface area contributed by atoms with Crippen LogP contribution in [0.2, 0.25) is 0 Å². The number of carbonyl (C=O) groups excluding carboxylic acids is 2. The number of anilines is 2. The average molecular weight is 440 g/mol. The number of nitrogens with zero attached hydrogens (tertiary/aromatic N) is 4. The van der Waals surface area contributed by atoms with Crippen molar-refractivity contribution in [2.45, 2.75) is 12.1 Å². The molecule has 3 aromatic rings. The largest absolute Gasteiger partial charge is 0.496 e. The number of hydrogen-bond donors (Lipinski definition) is 3. The molecule has 3 rings (SSSR count). The Hall–Kier alpha value is -3.86. The Morgan fingerprint density at radius 1 is 1.19 bits per heavy atom. The Morgan fingerprint density at radius 3 is 2.65 bits per heavy atom. The lowest BCUT2D eigenvalue weighted by molar-refractivity contribution is -0.113. The van der Waals surface area contributed by atoms with Gasteiger partial charge in [-0.3, -0.25) is 9.59 Å². The van der Waals surface area contributed by atoms with Crippen LogP contribution in [0, 0.1) is 0 Å². The third-order valence-electron chi connectivity index (χ3n) is 4.08. The van der Waals surface area contributed by atoms with Crippen LogP contribution in [-0.2, 0) is 4.79 Å². The summed E-state index contributed by atoms with van der Waals surface area (Å²) in [6.45, 7) is 1.49. The number of hydrogen-bond acceptors (Lipinski definition) is 9. The number of hydrazone groups is 1. The van der Waals surface area contributed by atoms with E-state index in [1.807, 2.05) is 24.3 Å². The van der Waals surface area contributed by atoms with Gasteiger partial charge in [-0.05, 0) is 43.3 Å². The van der Waals surface area contributed by atoms with Crippen molar-refractivity contribution in [1.29, 1.82) is 0 Å². The van der Waals surface area contributed by atoms with Crippen molar-refractivity contribution in [3.8, 4) is 5.75 Å². The molecule has 2 aromatic carbocycles. The van der Waals surface area contributed by atoms with E-state index in [1.165, 1.54) is 11.6 Å². The molecule has 31 heavy (non-hydrogen) atoms. The predicted octanol–water partition coefficient (Wildman–Crippen LogP) is 2.38. The van der Waals surface area contributed by atoms with E-state index in [2.05, 4.69) is 26.0 Å². The molecular formula is C20H21N7O3S. The van der Waals surface area contributed by atoms with Gasteiger partial charge in [0.15, 0.2) is 5.78 Å². The second-order valence-electron chi connectivity index (χ2n) is 6.26. The molecule has 160 valence electrons. The van der Waals surface area contributed by atoms with E-state index >= 15 is 0 Å². The SMILES string of the molecule is COc1ccccc1/C=N/Nc1nnc(SCC(=O)Nc2ccc(C(C)=O)cc2)n1N. The minimum Gasteiger partial charge on any atom is -0.496 e. The quantitative estimate of drug-likeness (QED) is 0.152. The molecule has 0 aliphatic heterocycles. The van der Waals surface area contributed by atoms with E-state index in [0.717, 1.165) is 17.3 Å². The van der Waals surface area contributed by atoms with Gasteiger partial charge in [-0.15, -0.1) is 10.2 Å². The van der Waals surface area contributed by atoms with Crippen LogP contribution in [0.25, 0.3) is 0 Å². The van der Waals surface area contributed by atoms with Gasteiger partial charge in [0, 0.05) is 16.8 Å². The summed E-state index contributed by atoms with van der Waals surface area (Å²) in [6, 6.07) is 14.1. The molecule has 1 aromatic heterocycles. The van der Waals surface area contributed by atoms with Crippen molar-refractivity contribution in [3.63, 3.8) is 0 Å². The lowest BCUT2D eigenvalue weighted by atomic mass is 10.1. The van der Waals surface area contributed by atoms with E-state index < -0.39 is 0 Å². The van der Waals surface area contributed by atoms with Gasteiger partial charge < -0.3 is 15.9 Å². The van der Waals surface area contributed by atoms with Crippen molar-refractivity contribution >= 4 is 41.3 Å². The summed E-state index contributed by atoms with van der Waals surface area (Å²) >= 11 is 1.13. The molecule has 0 aliphatic carbocycles. The number of ketones is 1. The maximum atomic E-state index is 12.2. The zero-order chi connectivity index (χ0) is 22.2. The van der Waals surface area contributed by atoms with Crippen LogP contribution in [0.3, 0.4) is 0 Å². The number of amides is 1. The number of nitrogens with two attached hydrogens (primary N) is 1. The molecule has 11 heteroatoms. The average Bonchev–Trinajstić information content (AvgIpc) is 3.12. The number of para-hydroxylation sites is 1. The molecule has 1 amide bonds. The number of carbonyl (C=O) groups is 2. The lowest BCUT2D eigenvalue weighted by Crippen LogP contribution is -2.17. The molecule has 0 fully saturated rings. The highest BCUT2D eigenvalue weighted by atomic mass is 32.2. The predicted molar refractivity (Wildman–Crippen MR) is 120 cm³/mol. The second kappa shape index (κ2) is 10.3. The highest BCUT2D eigenvalue weighted by Crippen LogP contribution is 2.18. The van der Waals surface area contributed by atoms with Crippen molar-refractivity contribution < 1.29 is 14.3 Å². The Kier molecular flexibility index (Phi) is 7.22. The summed E-state index contributed by atoms with van der Waals surface area (Å²) in [6.07, 6.45) is 1.57. The second-order valence-corrected chi connectivity index (χ2v) is 7.20. The zero-order valence-corrected chi connectivity index (χ0v) is 17.7. The highest BCUT2D eigenvalue weighted by Gasteiger charge is 2.12. The number of thioether (sulfide) groups is 1. The summed E-state index contributed by atoms with van der Waals surface area (Å²) < 4.78 is 6.46. The van der Waals surface area contributed by atoms with E-state index in [4.69, 9.17) is 10.6 Å². The molecule has 0 unspecified atom stereocenters. The number of aromatic nitrogens is 3. The molecule has 0 saturated heterocycles. The number of Topliss-reactive ketones (excluding diaryl/α,β-unsaturated/α-hetero) is 1. The van der Waals surface area contributed by atoms with Gasteiger partial charge in [-0.25, -0.2) is 10.1 Å². The highest BCUT2D eigenvalue weighted by molar-refractivity contribution is 7.99. The molecule has 0 saturated carbocycles. The first-order valence-electron chi connectivity index (χ1n) is 9.14. The molecular weight excluding hydrogens is 418 g/mol. The van der Waals surface area contributed by atoms with Gasteiger partial charge in [0.2, 0.25) is 11.1 Å². The van der Waals surface area contributed by atoms with Gasteiger partial charge in [0.05, 0.1) is 19.1 Å². The summed E-state index contributed by atoms with van der Waals surface area (Å²) in [5.74, 6) is 6.67. The fraction of sp³-hybridized carbons (Fsp3) is 0.150. The van der Waals surface area contributed by atoms with Crippen molar-refractivity contribution in [2.24, 2.45) is 5.10 Å². The monoisotopic (exact) mass is 439 g/mol. The standard InChI is InChI=1S/C20H21N7O3S/c1-13(28)14-7-9-16(10-8-14)23-18(29)12-31-20-26-25-19(27(20)21)24-22-11-15-5-3-4-6-17(15)30-2/h3-11H,12,21H2,1-2H3,(H,23,29)(H,24,25)/b22-11+. The van der Waals surface area contributed by atoms with E-state index in [0.29, 0.717) is 22.2 Å². The Morgan fingerprint density at radius 2 is 1.94 bits per heavy atom. The number of rotatable bonds is 9. The third kappa shape index (κ3) is 5.82. The van der Waals surface area contributed by atoms with Crippen molar-refractivity contribution in [3.05, 3.63) is 59.7 Å². The van der Waals surface area contributed by atoms with Gasteiger partial charge >= 0.3 is 0 Å². The van der Waals surface area contributed by atoms with Gasteiger partial charge in [0.25, 0.3) is 5.95 Å². The molecule has 0 spiro atoms. The van der Waals surface area contributed by atoms with Gasteiger partial charge in [-0.1, -0.05) is 23.9 Å². The zero-order valence-electron chi connectivity index (χ0n) is 16.9. The lowest BCUT2D eigenvalue weighted by Gasteiger charge is -2.06. The summed E-state index contributed by atoms with van der Waals surface area (Å²) in [7, 11) is 1.58. The smallest absolute Gasteiger partial charge is 0.264 e. The summed E-state index contributed by atoms with van der Waals surface area (Å²) in [5, 5.41) is 15.1. The first kappa shape index (κ1) is 21.8. The normalized spacial score (nSPS) is 10.8. The van der Waals surface area contributed by atoms with Crippen LogP contribution in [0.4, 0.5) is 11.6 Å². The molecule has 0 aliphatic rings. The fourth-order valence-corrected chi connectivity index (χ4v) is 3.16. The summed E-state index contributed by atoms with van der Waals surface area (Å²) in [4.78, 5) is 23.5. The number of methoxy groups -OCH3 is 1. The maximum absolute atomic E-state index is 12.2. The minimum absolute atomic E-state index is 0.0348. The summed E-state index contributed by atoms with van der Waals surface area (Å²) in [5.41, 5.74) is 4.67. The molecule has 0 radical (unpaired) electrons. The Labute approximate surface area is 182 Å². The van der Waals surface area contributed by atoms with Crippen LogP contribution < -0.4 is 21.3 Å². The van der Waals surface area contributed by atoms with E-state index in [9.17, 15) is 9.59 Å². The fourth-order valence-electron chi connectivity index (χ4n) is 2.50. The Balaban J connectivity index is 1.53. The first-order chi connectivity index (χ1) is 15.0. The van der Waals surface area contributed by atoms with E-state index in [1.54, 1.807) is 37.6 Å². The van der Waals surface area contributed by atoms with Crippen LogP contribution in [-0.4, -0.2) is 45.6 Å². The Bertz CT molecular complexity index is 1100. The third-order valence-corrected chi connectivity index (χ3v) is 5.02. The van der Waals surface area contributed by atoms with Crippen molar-refractivity contribution in [1.82, 2.24) is 14.9 Å². The van der Waals surface area contributed by atoms with Crippen LogP contribution in [0.15, 0.2) is 58.8 Å². The minimum atomic E-state index is -0.243. The van der Waals surface area contributed by atoms with Crippen LogP contribution >= 0.6 is 11.8 Å². The topological polar surface area (TPSA) is 137 Å². The molecule has 10 nitrogen and oxygen atoms in total. The van der Waals surface area contributed by atoms with Gasteiger partial charge in [-0.2, -0.15) is 5.10 Å². The molecule has 0 bridgehead atoms. The maximum Gasteiger partial charge on any atom is 0.264 e. The van der Waals surface area contributed by atoms with Crippen LogP contribution in [0.5, 0.6) is 5.75 Å². The molecule has 1 heterocycles. The molecule has 4 N–H and O–H groups in total. The first-order valence-corrected chi connectivity index (χ1v) is 10.1. The number of nitrogens with one attached hydrogen (secondary N) is 2. The van der Waals surface area contributed by atoms with Crippen molar-refractivity contribution in [2.75, 3.05) is 29.4 Å².